The molecule has 4 aliphatic rings. The van der Waals surface area contributed by atoms with Crippen molar-refractivity contribution in [3.63, 3.8) is 0 Å². The van der Waals surface area contributed by atoms with Gasteiger partial charge in [-0.2, -0.15) is 0 Å². The van der Waals surface area contributed by atoms with Crippen LogP contribution in [0.3, 0.4) is 0 Å². The molecule has 3 amide bonds. The van der Waals surface area contributed by atoms with E-state index in [4.69, 9.17) is 14.7 Å². The SMILES string of the molecule is COC(=O)N[C@H](C(=O)N1CCC[C@H]1c1nc2c(ccc3cc(-c4ccc5c(c4)CCc4[nH]c([C@@H]6[C@H]7CC[C@](C(C)(C)C)(C7)N6C(=O)O)nc4-5)ccc32)[nH]1)C(C)C. The van der Waals surface area contributed by atoms with Gasteiger partial charge in [0, 0.05) is 23.2 Å². The summed E-state index contributed by atoms with van der Waals surface area (Å²) < 4.78 is 4.79. The zero-order valence-corrected chi connectivity index (χ0v) is 33.0. The molecular weight excluding hydrogens is 707 g/mol. The second-order valence-electron chi connectivity index (χ2n) is 17.8. The number of piperidine rings is 1. The van der Waals surface area contributed by atoms with E-state index < -0.39 is 18.2 Å². The van der Waals surface area contributed by atoms with Crippen molar-refractivity contribution in [1.29, 1.82) is 0 Å². The first kappa shape index (κ1) is 36.3. The van der Waals surface area contributed by atoms with E-state index in [-0.39, 0.29) is 40.8 Å². The van der Waals surface area contributed by atoms with Crippen LogP contribution in [0.4, 0.5) is 9.59 Å². The lowest BCUT2D eigenvalue weighted by molar-refractivity contribution is -0.135. The Morgan fingerprint density at radius 3 is 2.52 bits per heavy atom. The van der Waals surface area contributed by atoms with E-state index in [0.717, 1.165) is 106 Å². The Labute approximate surface area is 326 Å². The van der Waals surface area contributed by atoms with Crippen LogP contribution < -0.4 is 5.32 Å². The molecule has 3 aromatic carbocycles. The van der Waals surface area contributed by atoms with Crippen LogP contribution in [-0.4, -0.2) is 78.2 Å². The Morgan fingerprint density at radius 2 is 1.77 bits per heavy atom. The number of benzene rings is 3. The number of hydrogen-bond acceptors (Lipinski definition) is 6. The van der Waals surface area contributed by atoms with Gasteiger partial charge in [0.15, 0.2) is 0 Å². The number of carbonyl (C=O) groups is 3. The quantitative estimate of drug-likeness (QED) is 0.135. The monoisotopic (exact) mass is 757 g/mol. The number of nitrogens with zero attached hydrogens (tertiary/aromatic N) is 4. The van der Waals surface area contributed by atoms with E-state index >= 15 is 0 Å². The van der Waals surface area contributed by atoms with Crippen molar-refractivity contribution in [2.45, 2.75) is 103 Å². The fraction of sp³-hybridized carbons (Fsp3) is 0.477. The molecule has 56 heavy (non-hydrogen) atoms. The molecule has 0 radical (unpaired) electrons. The molecule has 292 valence electrons. The molecule has 2 bridgehead atoms. The van der Waals surface area contributed by atoms with E-state index in [1.54, 1.807) is 4.90 Å². The fourth-order valence-electron chi connectivity index (χ4n) is 10.5. The lowest BCUT2D eigenvalue weighted by Gasteiger charge is -2.48. The average Bonchev–Trinajstić information content (AvgIpc) is 4.02. The van der Waals surface area contributed by atoms with Crippen molar-refractivity contribution in [2.24, 2.45) is 17.3 Å². The second-order valence-corrected chi connectivity index (χ2v) is 17.8. The lowest BCUT2D eigenvalue weighted by Crippen LogP contribution is -2.56. The Morgan fingerprint density at radius 1 is 0.982 bits per heavy atom. The zero-order chi connectivity index (χ0) is 39.3. The third kappa shape index (κ3) is 5.57. The van der Waals surface area contributed by atoms with Crippen molar-refractivity contribution >= 4 is 39.9 Å². The predicted octanol–water partition coefficient (Wildman–Crippen LogP) is 8.54. The molecule has 1 saturated carbocycles. The van der Waals surface area contributed by atoms with Crippen LogP contribution in [0, 0.1) is 17.3 Å². The summed E-state index contributed by atoms with van der Waals surface area (Å²) in [6.45, 7) is 10.9. The van der Waals surface area contributed by atoms with Gasteiger partial charge in [0.2, 0.25) is 5.91 Å². The number of likely N-dealkylation sites (tertiary alicyclic amines) is 2. The zero-order valence-electron chi connectivity index (χ0n) is 33.0. The summed E-state index contributed by atoms with van der Waals surface area (Å²) in [6, 6.07) is 16.1. The Kier molecular flexibility index (Phi) is 8.48. The number of aromatic nitrogens is 4. The summed E-state index contributed by atoms with van der Waals surface area (Å²) in [6.07, 6.45) is 4.68. The number of nitrogens with one attached hydrogen (secondary N) is 3. The number of amides is 3. The summed E-state index contributed by atoms with van der Waals surface area (Å²) in [5, 5.41) is 15.3. The highest BCUT2D eigenvalue weighted by molar-refractivity contribution is 6.05. The number of carbonyl (C=O) groups excluding carboxylic acids is 2. The van der Waals surface area contributed by atoms with Crippen LogP contribution in [0.1, 0.15) is 102 Å². The number of rotatable bonds is 6. The van der Waals surface area contributed by atoms with Crippen LogP contribution in [0.5, 0.6) is 0 Å². The van der Waals surface area contributed by atoms with Crippen molar-refractivity contribution in [1.82, 2.24) is 35.1 Å². The van der Waals surface area contributed by atoms with Gasteiger partial charge >= 0.3 is 12.2 Å². The molecule has 2 saturated heterocycles. The van der Waals surface area contributed by atoms with Crippen LogP contribution in [0.25, 0.3) is 44.2 Å². The number of methoxy groups -OCH3 is 1. The molecule has 5 atom stereocenters. The molecule has 4 N–H and O–H groups in total. The van der Waals surface area contributed by atoms with E-state index in [2.05, 4.69) is 84.6 Å². The molecular formula is C44H51N7O5. The van der Waals surface area contributed by atoms with Gasteiger partial charge in [-0.15, -0.1) is 0 Å². The number of H-pyrrole nitrogens is 2. The Balaban J connectivity index is 0.983. The van der Waals surface area contributed by atoms with Gasteiger partial charge in [0.05, 0.1) is 41.5 Å². The topological polar surface area (TPSA) is 157 Å². The Hall–Kier alpha value is -5.39. The van der Waals surface area contributed by atoms with Crippen LogP contribution in [-0.2, 0) is 22.4 Å². The minimum Gasteiger partial charge on any atom is -0.465 e. The summed E-state index contributed by atoms with van der Waals surface area (Å²) in [4.78, 5) is 59.5. The fourth-order valence-corrected chi connectivity index (χ4v) is 10.5. The molecule has 0 spiro atoms. The van der Waals surface area contributed by atoms with E-state index in [1.165, 1.54) is 12.7 Å². The molecule has 2 aliphatic carbocycles. The third-order valence-electron chi connectivity index (χ3n) is 13.5. The van der Waals surface area contributed by atoms with Crippen LogP contribution in [0.15, 0.2) is 48.5 Å². The smallest absolute Gasteiger partial charge is 0.408 e. The number of aryl methyl sites for hydroxylation is 2. The summed E-state index contributed by atoms with van der Waals surface area (Å²) in [5.74, 6) is 1.57. The number of imidazole rings is 2. The largest absolute Gasteiger partial charge is 0.465 e. The maximum Gasteiger partial charge on any atom is 0.408 e. The number of hydrogen-bond donors (Lipinski definition) is 4. The normalized spacial score (nSPS) is 23.5. The van der Waals surface area contributed by atoms with Gasteiger partial charge in [-0.1, -0.05) is 71.0 Å². The molecule has 2 aliphatic heterocycles. The second kappa shape index (κ2) is 13.1. The van der Waals surface area contributed by atoms with Gasteiger partial charge in [0.1, 0.15) is 17.7 Å². The van der Waals surface area contributed by atoms with Crippen LogP contribution in [0.2, 0.25) is 0 Å². The first-order valence-corrected chi connectivity index (χ1v) is 20.1. The first-order valence-electron chi connectivity index (χ1n) is 20.1. The van der Waals surface area contributed by atoms with E-state index in [9.17, 15) is 19.5 Å². The number of fused-ring (bicyclic) bond motifs is 8. The maximum absolute atomic E-state index is 13.7. The number of carboxylic acid groups (broad SMARTS) is 1. The molecule has 4 heterocycles. The highest BCUT2D eigenvalue weighted by Crippen LogP contribution is 2.62. The van der Waals surface area contributed by atoms with Gasteiger partial charge in [0.25, 0.3) is 0 Å². The standard InChI is InChI=1S/C44H51N7O5/c1-23(2)34(49-41(53)56-6)40(52)50-19-7-8-33(50)38-45-31-15-11-26-20-24(9-13-29(26)35(31)47-38)25-10-14-30-27(21-25)12-16-32-36(30)48-39(46-32)37-28-17-18-44(22-28,43(3,4)5)51(37)42(54)55/h9-11,13-15,20-21,23,28,33-34,37H,7-8,12,16-19,22H2,1-6H3,(H,45,47)(H,46,48)(H,49,53)(H,54,55)/t28-,33-,34-,37-,44+/m0/s1. The summed E-state index contributed by atoms with van der Waals surface area (Å²) in [5.41, 5.74) is 7.88. The van der Waals surface area contributed by atoms with Gasteiger partial charge in [-0.05, 0) is 96.4 Å². The first-order chi connectivity index (χ1) is 26.8. The maximum atomic E-state index is 13.7. The molecule has 3 fully saturated rings. The predicted molar refractivity (Wildman–Crippen MR) is 214 cm³/mol. The van der Waals surface area contributed by atoms with Crippen molar-refractivity contribution < 1.29 is 24.2 Å². The highest BCUT2D eigenvalue weighted by atomic mass is 16.5. The molecule has 5 aromatic rings. The van der Waals surface area contributed by atoms with Gasteiger partial charge < -0.3 is 30.0 Å². The minimum atomic E-state index is -0.853. The lowest BCUT2D eigenvalue weighted by atomic mass is 9.72. The van der Waals surface area contributed by atoms with E-state index in [1.807, 2.05) is 18.7 Å². The van der Waals surface area contributed by atoms with Gasteiger partial charge in [-0.3, -0.25) is 9.69 Å². The molecule has 9 rings (SSSR count). The number of ether oxygens (including phenoxy) is 1. The average molecular weight is 758 g/mol. The highest BCUT2D eigenvalue weighted by Gasteiger charge is 2.64. The summed E-state index contributed by atoms with van der Waals surface area (Å²) >= 11 is 0. The third-order valence-corrected chi connectivity index (χ3v) is 13.5. The Bertz CT molecular complexity index is 2410. The molecule has 0 unspecified atom stereocenters. The van der Waals surface area contributed by atoms with Gasteiger partial charge in [-0.25, -0.2) is 19.6 Å². The van der Waals surface area contributed by atoms with Crippen LogP contribution >= 0.6 is 0 Å². The van der Waals surface area contributed by atoms with Crippen molar-refractivity contribution in [3.05, 3.63) is 71.4 Å². The van der Waals surface area contributed by atoms with Crippen molar-refractivity contribution in [3.8, 4) is 22.4 Å². The minimum absolute atomic E-state index is 0.104. The molecule has 12 heteroatoms. The molecule has 12 nitrogen and oxygen atoms in total. The van der Waals surface area contributed by atoms with E-state index in [0.29, 0.717) is 6.54 Å². The number of alkyl carbamates (subject to hydrolysis) is 1. The van der Waals surface area contributed by atoms with Crippen molar-refractivity contribution in [2.75, 3.05) is 13.7 Å². The summed E-state index contributed by atoms with van der Waals surface area (Å²) in [7, 11) is 1.30. The molecule has 2 aromatic heterocycles. The number of aromatic amines is 2.